The summed E-state index contributed by atoms with van der Waals surface area (Å²) >= 11 is 6.46. The van der Waals surface area contributed by atoms with E-state index in [1.165, 1.54) is 0 Å². The zero-order valence-corrected chi connectivity index (χ0v) is 22.2. The summed E-state index contributed by atoms with van der Waals surface area (Å²) in [7, 11) is 0. The number of benzene rings is 3. The molecule has 2 amide bonds. The summed E-state index contributed by atoms with van der Waals surface area (Å²) in [4.78, 5) is 28.8. The van der Waals surface area contributed by atoms with Crippen LogP contribution in [0.4, 0.5) is 0 Å². The molecule has 0 saturated carbocycles. The molecule has 2 atom stereocenters. The van der Waals surface area contributed by atoms with Gasteiger partial charge in [0.15, 0.2) is 6.61 Å². The van der Waals surface area contributed by atoms with Crippen molar-refractivity contribution in [2.24, 2.45) is 0 Å². The molecule has 0 heterocycles. The lowest BCUT2D eigenvalue weighted by atomic mass is 10.0. The molecule has 0 saturated heterocycles. The summed E-state index contributed by atoms with van der Waals surface area (Å²) in [5, 5.41) is 3.62. The van der Waals surface area contributed by atoms with Crippen molar-refractivity contribution in [2.45, 2.75) is 59.2 Å². The molecule has 0 fully saturated rings. The van der Waals surface area contributed by atoms with Crippen LogP contribution >= 0.6 is 11.6 Å². The molecule has 6 heteroatoms. The highest BCUT2D eigenvalue weighted by atomic mass is 35.5. The maximum Gasteiger partial charge on any atom is 0.261 e. The largest absolute Gasteiger partial charge is 0.483 e. The third kappa shape index (κ3) is 7.59. The average Bonchev–Trinajstić information content (AvgIpc) is 2.87. The van der Waals surface area contributed by atoms with Crippen LogP contribution in [0.3, 0.4) is 0 Å². The summed E-state index contributed by atoms with van der Waals surface area (Å²) in [6.45, 7) is 7.95. The number of rotatable bonds is 11. The standard InChI is InChI=1S/C30H35ClN2O3/c1-5-23(4)32-30(35)27(18-24-11-7-6-8-12-24)33(19-25-13-9-10-14-26(25)31)29(34)20-36-28-16-15-21(2)17-22(28)3/h6-17,23,27H,5,18-20H2,1-4H3,(H,32,35)/t23-,27-/m0/s1. The Morgan fingerprint density at radius 3 is 2.36 bits per heavy atom. The monoisotopic (exact) mass is 506 g/mol. The fraction of sp³-hybridized carbons (Fsp3) is 0.333. The van der Waals surface area contributed by atoms with E-state index in [2.05, 4.69) is 5.32 Å². The summed E-state index contributed by atoms with van der Waals surface area (Å²) in [6, 6.07) is 22.2. The van der Waals surface area contributed by atoms with Gasteiger partial charge in [0.05, 0.1) is 0 Å². The number of nitrogens with one attached hydrogen (secondary N) is 1. The Kier molecular flexibility index (Phi) is 9.95. The van der Waals surface area contributed by atoms with Crippen LogP contribution in [0.2, 0.25) is 5.02 Å². The second-order valence-corrected chi connectivity index (χ2v) is 9.60. The van der Waals surface area contributed by atoms with Gasteiger partial charge in [-0.25, -0.2) is 0 Å². The molecule has 0 aliphatic heterocycles. The Balaban J connectivity index is 1.93. The molecule has 0 spiro atoms. The third-order valence-electron chi connectivity index (χ3n) is 6.25. The van der Waals surface area contributed by atoms with E-state index in [9.17, 15) is 9.59 Å². The normalized spacial score (nSPS) is 12.5. The van der Waals surface area contributed by atoms with E-state index in [0.29, 0.717) is 17.2 Å². The maximum absolute atomic E-state index is 13.7. The van der Waals surface area contributed by atoms with Gasteiger partial charge < -0.3 is 15.0 Å². The first-order valence-electron chi connectivity index (χ1n) is 12.4. The van der Waals surface area contributed by atoms with Crippen molar-refractivity contribution in [3.8, 4) is 5.75 Å². The Morgan fingerprint density at radius 1 is 1.00 bits per heavy atom. The molecule has 5 nitrogen and oxygen atoms in total. The van der Waals surface area contributed by atoms with Crippen LogP contribution in [0.15, 0.2) is 72.8 Å². The van der Waals surface area contributed by atoms with Gasteiger partial charge in [0.25, 0.3) is 5.91 Å². The SMILES string of the molecule is CC[C@H](C)NC(=O)[C@H](Cc1ccccc1)N(Cc1ccccc1Cl)C(=O)COc1ccc(C)cc1C. The molecular weight excluding hydrogens is 472 g/mol. The molecule has 3 aromatic rings. The van der Waals surface area contributed by atoms with Crippen LogP contribution < -0.4 is 10.1 Å². The van der Waals surface area contributed by atoms with E-state index in [4.69, 9.17) is 16.3 Å². The predicted octanol–water partition coefficient (Wildman–Crippen LogP) is 5.89. The number of hydrogen-bond acceptors (Lipinski definition) is 3. The number of nitrogens with zero attached hydrogens (tertiary/aromatic N) is 1. The fourth-order valence-electron chi connectivity index (χ4n) is 3.99. The molecule has 0 unspecified atom stereocenters. The molecular formula is C30H35ClN2O3. The van der Waals surface area contributed by atoms with Gasteiger partial charge in [-0.15, -0.1) is 0 Å². The number of ether oxygens (including phenoxy) is 1. The number of carbonyl (C=O) groups is 2. The maximum atomic E-state index is 13.7. The third-order valence-corrected chi connectivity index (χ3v) is 6.62. The number of aryl methyl sites for hydroxylation is 2. The van der Waals surface area contributed by atoms with Crippen LogP contribution in [0.5, 0.6) is 5.75 Å². The summed E-state index contributed by atoms with van der Waals surface area (Å²) < 4.78 is 5.93. The van der Waals surface area contributed by atoms with E-state index in [0.717, 1.165) is 28.7 Å². The van der Waals surface area contributed by atoms with Gasteiger partial charge in [-0.1, -0.05) is 84.8 Å². The average molecular weight is 507 g/mol. The number of halogens is 1. The molecule has 0 aromatic heterocycles. The Labute approximate surface area is 219 Å². The number of amides is 2. The van der Waals surface area contributed by atoms with Crippen LogP contribution in [0.1, 0.15) is 42.5 Å². The van der Waals surface area contributed by atoms with E-state index < -0.39 is 6.04 Å². The van der Waals surface area contributed by atoms with Gasteiger partial charge in [-0.2, -0.15) is 0 Å². The lowest BCUT2D eigenvalue weighted by molar-refractivity contribution is -0.143. The minimum Gasteiger partial charge on any atom is -0.483 e. The van der Waals surface area contributed by atoms with E-state index in [-0.39, 0.29) is 31.0 Å². The van der Waals surface area contributed by atoms with Crippen molar-refractivity contribution in [3.63, 3.8) is 0 Å². The van der Waals surface area contributed by atoms with Crippen molar-refractivity contribution < 1.29 is 14.3 Å². The number of hydrogen-bond donors (Lipinski definition) is 1. The van der Waals surface area contributed by atoms with Crippen molar-refractivity contribution in [2.75, 3.05) is 6.61 Å². The molecule has 0 aliphatic carbocycles. The van der Waals surface area contributed by atoms with Gasteiger partial charge in [0, 0.05) is 24.0 Å². The zero-order valence-electron chi connectivity index (χ0n) is 21.5. The quantitative estimate of drug-likeness (QED) is 0.352. The van der Waals surface area contributed by atoms with Crippen LogP contribution in [-0.2, 0) is 22.6 Å². The van der Waals surface area contributed by atoms with Crippen molar-refractivity contribution in [3.05, 3.63) is 100 Å². The van der Waals surface area contributed by atoms with Gasteiger partial charge >= 0.3 is 0 Å². The van der Waals surface area contributed by atoms with Gasteiger partial charge in [-0.3, -0.25) is 9.59 Å². The molecule has 0 radical (unpaired) electrons. The van der Waals surface area contributed by atoms with Crippen molar-refractivity contribution >= 4 is 23.4 Å². The minimum atomic E-state index is -0.729. The molecule has 1 N–H and O–H groups in total. The Morgan fingerprint density at radius 2 is 1.69 bits per heavy atom. The zero-order chi connectivity index (χ0) is 26.1. The topological polar surface area (TPSA) is 58.6 Å². The molecule has 3 aromatic carbocycles. The summed E-state index contributed by atoms with van der Waals surface area (Å²) in [5.41, 5.74) is 3.81. The first-order valence-corrected chi connectivity index (χ1v) is 12.7. The highest BCUT2D eigenvalue weighted by molar-refractivity contribution is 6.31. The van der Waals surface area contributed by atoms with Gasteiger partial charge in [-0.05, 0) is 56.0 Å². The minimum absolute atomic E-state index is 0.0144. The van der Waals surface area contributed by atoms with Crippen LogP contribution in [0.25, 0.3) is 0 Å². The second-order valence-electron chi connectivity index (χ2n) is 9.19. The molecule has 0 bridgehead atoms. The van der Waals surface area contributed by atoms with Crippen molar-refractivity contribution in [1.82, 2.24) is 10.2 Å². The highest BCUT2D eigenvalue weighted by Crippen LogP contribution is 2.22. The van der Waals surface area contributed by atoms with E-state index >= 15 is 0 Å². The van der Waals surface area contributed by atoms with Gasteiger partial charge in [0.1, 0.15) is 11.8 Å². The van der Waals surface area contributed by atoms with Crippen LogP contribution in [-0.4, -0.2) is 35.4 Å². The first kappa shape index (κ1) is 27.3. The molecule has 36 heavy (non-hydrogen) atoms. The molecule has 0 aliphatic rings. The summed E-state index contributed by atoms with van der Waals surface area (Å²) in [5.74, 6) is 0.172. The van der Waals surface area contributed by atoms with Crippen LogP contribution in [0, 0.1) is 13.8 Å². The predicted molar refractivity (Wildman–Crippen MR) is 145 cm³/mol. The first-order chi connectivity index (χ1) is 17.3. The molecule has 190 valence electrons. The fourth-order valence-corrected chi connectivity index (χ4v) is 4.18. The second kappa shape index (κ2) is 13.1. The van der Waals surface area contributed by atoms with E-state index in [1.807, 2.05) is 94.4 Å². The lowest BCUT2D eigenvalue weighted by Crippen LogP contribution is -2.53. The lowest BCUT2D eigenvalue weighted by Gasteiger charge is -2.32. The van der Waals surface area contributed by atoms with Gasteiger partial charge in [0.2, 0.25) is 5.91 Å². The Hall–Kier alpha value is -3.31. The Bertz CT molecular complexity index is 1170. The molecule has 3 rings (SSSR count). The smallest absolute Gasteiger partial charge is 0.261 e. The van der Waals surface area contributed by atoms with Crippen molar-refractivity contribution in [1.29, 1.82) is 0 Å². The van der Waals surface area contributed by atoms with E-state index in [1.54, 1.807) is 11.0 Å². The highest BCUT2D eigenvalue weighted by Gasteiger charge is 2.31. The number of carbonyl (C=O) groups excluding carboxylic acids is 2. The summed E-state index contributed by atoms with van der Waals surface area (Å²) in [6.07, 6.45) is 1.17.